The third kappa shape index (κ3) is 3.63. The summed E-state index contributed by atoms with van der Waals surface area (Å²) in [6.07, 6.45) is 7.08. The lowest BCUT2D eigenvalue weighted by molar-refractivity contribution is -0.143. The van der Waals surface area contributed by atoms with Crippen LogP contribution in [0.15, 0.2) is 66.1 Å². The number of allylic oxidation sites excluding steroid dienone is 3. The fourth-order valence-corrected chi connectivity index (χ4v) is 3.87. The monoisotopic (exact) mass is 367 g/mol. The van der Waals surface area contributed by atoms with Crippen LogP contribution in [0.25, 0.3) is 5.57 Å². The molecule has 1 aromatic carbocycles. The SMILES string of the molecule is CCC1(C(=O)NC(C(=O)O)c2cccs2)C=CC(c2ccccc2)=CC1. The molecule has 2 unspecified atom stereocenters. The van der Waals surface area contributed by atoms with Crippen LogP contribution < -0.4 is 5.32 Å². The first-order chi connectivity index (χ1) is 12.6. The van der Waals surface area contributed by atoms with E-state index in [9.17, 15) is 14.7 Å². The van der Waals surface area contributed by atoms with Crippen LogP contribution in [-0.2, 0) is 9.59 Å². The molecule has 2 aromatic rings. The summed E-state index contributed by atoms with van der Waals surface area (Å²) in [5, 5.41) is 14.0. The van der Waals surface area contributed by atoms with E-state index in [0.717, 1.165) is 11.1 Å². The van der Waals surface area contributed by atoms with Crippen molar-refractivity contribution in [2.24, 2.45) is 5.41 Å². The smallest absolute Gasteiger partial charge is 0.331 e. The number of carbonyl (C=O) groups is 2. The molecular formula is C21H21NO3S. The van der Waals surface area contributed by atoms with E-state index in [2.05, 4.69) is 11.4 Å². The quantitative estimate of drug-likeness (QED) is 0.794. The minimum Gasteiger partial charge on any atom is -0.479 e. The first kappa shape index (κ1) is 18.1. The molecule has 0 aliphatic heterocycles. The second-order valence-electron chi connectivity index (χ2n) is 6.33. The van der Waals surface area contributed by atoms with Crippen LogP contribution >= 0.6 is 11.3 Å². The van der Waals surface area contributed by atoms with Crippen molar-refractivity contribution in [3.63, 3.8) is 0 Å². The Bertz CT molecular complexity index is 839. The average molecular weight is 367 g/mol. The summed E-state index contributed by atoms with van der Waals surface area (Å²) in [5.74, 6) is -1.30. The molecule has 1 aliphatic rings. The van der Waals surface area contributed by atoms with E-state index in [4.69, 9.17) is 0 Å². The molecular weight excluding hydrogens is 346 g/mol. The van der Waals surface area contributed by atoms with Gasteiger partial charge in [0.2, 0.25) is 5.91 Å². The summed E-state index contributed by atoms with van der Waals surface area (Å²) in [6.45, 7) is 1.95. The van der Waals surface area contributed by atoms with Crippen LogP contribution in [0.3, 0.4) is 0 Å². The normalized spacial score (nSPS) is 20.3. The van der Waals surface area contributed by atoms with Crippen LogP contribution in [0.2, 0.25) is 0 Å². The maximum atomic E-state index is 13.0. The number of carboxylic acids is 1. The molecule has 1 heterocycles. The first-order valence-corrected chi connectivity index (χ1v) is 9.46. The van der Waals surface area contributed by atoms with E-state index in [-0.39, 0.29) is 5.91 Å². The molecule has 134 valence electrons. The molecule has 1 aliphatic carbocycles. The largest absolute Gasteiger partial charge is 0.479 e. The molecule has 0 saturated carbocycles. The van der Waals surface area contributed by atoms with Gasteiger partial charge in [0, 0.05) is 4.88 Å². The highest BCUT2D eigenvalue weighted by Crippen LogP contribution is 2.37. The minimum absolute atomic E-state index is 0.250. The number of hydrogen-bond acceptors (Lipinski definition) is 3. The summed E-state index contributed by atoms with van der Waals surface area (Å²) in [6, 6.07) is 12.5. The maximum Gasteiger partial charge on any atom is 0.331 e. The Balaban J connectivity index is 1.78. The van der Waals surface area contributed by atoms with Gasteiger partial charge in [-0.1, -0.05) is 61.5 Å². The Morgan fingerprint density at radius 1 is 1.23 bits per heavy atom. The van der Waals surface area contributed by atoms with Crippen molar-refractivity contribution in [2.75, 3.05) is 0 Å². The van der Waals surface area contributed by atoms with Gasteiger partial charge in [-0.3, -0.25) is 4.79 Å². The van der Waals surface area contributed by atoms with Gasteiger partial charge < -0.3 is 10.4 Å². The fourth-order valence-electron chi connectivity index (χ4n) is 3.10. The van der Waals surface area contributed by atoms with Crippen molar-refractivity contribution >= 4 is 28.8 Å². The van der Waals surface area contributed by atoms with Crippen LogP contribution in [-0.4, -0.2) is 17.0 Å². The number of benzene rings is 1. The third-order valence-electron chi connectivity index (χ3n) is 4.81. The van der Waals surface area contributed by atoms with Gasteiger partial charge in [-0.25, -0.2) is 4.79 Å². The van der Waals surface area contributed by atoms with E-state index < -0.39 is 17.4 Å². The van der Waals surface area contributed by atoms with Crippen molar-refractivity contribution < 1.29 is 14.7 Å². The Morgan fingerprint density at radius 2 is 2.00 bits per heavy atom. The molecule has 2 atom stereocenters. The second kappa shape index (κ2) is 7.70. The van der Waals surface area contributed by atoms with Crippen molar-refractivity contribution in [2.45, 2.75) is 25.8 Å². The van der Waals surface area contributed by atoms with Crippen LogP contribution in [0, 0.1) is 5.41 Å². The molecule has 0 radical (unpaired) electrons. The van der Waals surface area contributed by atoms with Gasteiger partial charge in [0.15, 0.2) is 6.04 Å². The molecule has 1 aromatic heterocycles. The molecule has 0 fully saturated rings. The van der Waals surface area contributed by atoms with Crippen molar-refractivity contribution in [3.05, 3.63) is 76.5 Å². The van der Waals surface area contributed by atoms with E-state index in [1.807, 2.05) is 54.8 Å². The van der Waals surface area contributed by atoms with Crippen LogP contribution in [0.1, 0.15) is 36.2 Å². The topological polar surface area (TPSA) is 66.4 Å². The third-order valence-corrected chi connectivity index (χ3v) is 5.75. The van der Waals surface area contributed by atoms with Crippen molar-refractivity contribution in [1.29, 1.82) is 0 Å². The predicted molar refractivity (Wildman–Crippen MR) is 104 cm³/mol. The highest BCUT2D eigenvalue weighted by Gasteiger charge is 2.37. The summed E-state index contributed by atoms with van der Waals surface area (Å²) in [5.41, 5.74) is 1.47. The van der Waals surface area contributed by atoms with Gasteiger partial charge in [0.25, 0.3) is 0 Å². The standard InChI is InChI=1S/C21H21NO3S/c1-2-21(12-10-16(11-13-21)15-7-4-3-5-8-15)20(25)22-18(19(23)24)17-9-6-14-26-17/h3-12,14,18H,2,13H2,1H3,(H,22,25)(H,23,24). The molecule has 3 rings (SSSR count). The molecule has 0 saturated heterocycles. The zero-order valence-corrected chi connectivity index (χ0v) is 15.3. The minimum atomic E-state index is -1.05. The van der Waals surface area contributed by atoms with Crippen molar-refractivity contribution in [3.8, 4) is 0 Å². The Kier molecular flexibility index (Phi) is 5.38. The Labute approximate surface area is 156 Å². The number of aliphatic carboxylic acids is 1. The van der Waals surface area contributed by atoms with E-state index in [0.29, 0.717) is 17.7 Å². The molecule has 1 amide bonds. The van der Waals surface area contributed by atoms with Gasteiger partial charge in [-0.2, -0.15) is 0 Å². The fraction of sp³-hybridized carbons (Fsp3) is 0.238. The number of thiophene rings is 1. The summed E-state index contributed by atoms with van der Waals surface area (Å²) in [4.78, 5) is 25.2. The zero-order chi connectivity index (χ0) is 18.6. The van der Waals surface area contributed by atoms with Gasteiger partial charge in [0.05, 0.1) is 5.41 Å². The lowest BCUT2D eigenvalue weighted by atomic mass is 9.76. The summed E-state index contributed by atoms with van der Waals surface area (Å²) < 4.78 is 0. The lowest BCUT2D eigenvalue weighted by Crippen LogP contribution is -2.43. The molecule has 4 nitrogen and oxygen atoms in total. The lowest BCUT2D eigenvalue weighted by Gasteiger charge is -2.31. The van der Waals surface area contributed by atoms with E-state index in [1.165, 1.54) is 11.3 Å². The summed E-state index contributed by atoms with van der Waals surface area (Å²) in [7, 11) is 0. The van der Waals surface area contributed by atoms with Gasteiger partial charge in [-0.15, -0.1) is 11.3 Å². The van der Waals surface area contributed by atoms with Gasteiger partial charge in [-0.05, 0) is 35.4 Å². The summed E-state index contributed by atoms with van der Waals surface area (Å²) >= 11 is 1.33. The first-order valence-electron chi connectivity index (χ1n) is 8.58. The highest BCUT2D eigenvalue weighted by atomic mass is 32.1. The van der Waals surface area contributed by atoms with Gasteiger partial charge in [0.1, 0.15) is 0 Å². The predicted octanol–water partition coefficient (Wildman–Crippen LogP) is 4.43. The molecule has 26 heavy (non-hydrogen) atoms. The molecule has 5 heteroatoms. The Morgan fingerprint density at radius 3 is 2.54 bits per heavy atom. The Hall–Kier alpha value is -2.66. The van der Waals surface area contributed by atoms with E-state index >= 15 is 0 Å². The second-order valence-corrected chi connectivity index (χ2v) is 7.31. The number of nitrogens with one attached hydrogen (secondary N) is 1. The number of carbonyl (C=O) groups excluding carboxylic acids is 1. The number of amides is 1. The van der Waals surface area contributed by atoms with Crippen molar-refractivity contribution in [1.82, 2.24) is 5.32 Å². The number of rotatable bonds is 6. The number of carboxylic acid groups (broad SMARTS) is 1. The van der Waals surface area contributed by atoms with Crippen LogP contribution in [0.5, 0.6) is 0 Å². The zero-order valence-electron chi connectivity index (χ0n) is 14.5. The maximum absolute atomic E-state index is 13.0. The average Bonchev–Trinajstić information content (AvgIpc) is 3.20. The molecule has 0 bridgehead atoms. The molecule has 0 spiro atoms. The number of hydrogen-bond donors (Lipinski definition) is 2. The van der Waals surface area contributed by atoms with Crippen LogP contribution in [0.4, 0.5) is 0 Å². The van der Waals surface area contributed by atoms with Gasteiger partial charge >= 0.3 is 5.97 Å². The highest BCUT2D eigenvalue weighted by molar-refractivity contribution is 7.10. The van der Waals surface area contributed by atoms with E-state index in [1.54, 1.807) is 12.1 Å². The molecule has 2 N–H and O–H groups in total.